The van der Waals surface area contributed by atoms with Crippen LogP contribution in [0.1, 0.15) is 20.7 Å². The van der Waals surface area contributed by atoms with Crippen molar-refractivity contribution in [1.29, 1.82) is 0 Å². The van der Waals surface area contributed by atoms with Gasteiger partial charge in [0.05, 0.1) is 31.9 Å². The van der Waals surface area contributed by atoms with Crippen LogP contribution in [0.2, 0.25) is 5.02 Å². The number of benzene rings is 2. The molecule has 0 fully saturated rings. The molecule has 0 saturated heterocycles. The summed E-state index contributed by atoms with van der Waals surface area (Å²) in [7, 11) is 2.47. The number of amides is 1. The van der Waals surface area contributed by atoms with E-state index in [1.54, 1.807) is 24.3 Å². The average Bonchev–Trinajstić information content (AvgIpc) is 2.64. The highest BCUT2D eigenvalue weighted by Gasteiger charge is 2.14. The van der Waals surface area contributed by atoms with E-state index in [0.717, 1.165) is 0 Å². The Kier molecular flexibility index (Phi) is 6.57. The summed E-state index contributed by atoms with van der Waals surface area (Å²) < 4.78 is 9.33. The van der Waals surface area contributed by atoms with Crippen molar-refractivity contribution in [3.05, 3.63) is 58.6 Å². The molecule has 136 valence electrons. The smallest absolute Gasteiger partial charge is 0.337 e. The minimum absolute atomic E-state index is 0.0856. The predicted molar refractivity (Wildman–Crippen MR) is 97.7 cm³/mol. The molecule has 7 nitrogen and oxygen atoms in total. The molecule has 0 saturated carbocycles. The van der Waals surface area contributed by atoms with Crippen LogP contribution in [-0.2, 0) is 14.3 Å². The largest absolute Gasteiger partial charge is 0.465 e. The van der Waals surface area contributed by atoms with Gasteiger partial charge in [-0.05, 0) is 36.4 Å². The van der Waals surface area contributed by atoms with Crippen LogP contribution in [0, 0.1) is 0 Å². The van der Waals surface area contributed by atoms with Gasteiger partial charge in [0.15, 0.2) is 0 Å². The van der Waals surface area contributed by atoms with Crippen molar-refractivity contribution < 1.29 is 23.9 Å². The van der Waals surface area contributed by atoms with E-state index in [0.29, 0.717) is 16.4 Å². The summed E-state index contributed by atoms with van der Waals surface area (Å²) in [5.74, 6) is -1.54. The van der Waals surface area contributed by atoms with Gasteiger partial charge in [-0.25, -0.2) is 9.59 Å². The van der Waals surface area contributed by atoms with Gasteiger partial charge in [0, 0.05) is 16.4 Å². The third-order valence-corrected chi connectivity index (χ3v) is 3.57. The second-order valence-corrected chi connectivity index (χ2v) is 5.63. The lowest BCUT2D eigenvalue weighted by molar-refractivity contribution is -0.114. The Hall–Kier alpha value is -3.06. The predicted octanol–water partition coefficient (Wildman–Crippen LogP) is 2.96. The first-order chi connectivity index (χ1) is 12.4. The van der Waals surface area contributed by atoms with E-state index in [2.05, 4.69) is 20.1 Å². The van der Waals surface area contributed by atoms with Crippen molar-refractivity contribution in [2.24, 2.45) is 0 Å². The third kappa shape index (κ3) is 5.22. The van der Waals surface area contributed by atoms with E-state index in [1.165, 1.54) is 32.4 Å². The Morgan fingerprint density at radius 2 is 1.54 bits per heavy atom. The van der Waals surface area contributed by atoms with E-state index < -0.39 is 11.9 Å². The van der Waals surface area contributed by atoms with E-state index in [4.69, 9.17) is 11.6 Å². The molecule has 0 atom stereocenters. The number of carbonyl (C=O) groups excluding carboxylic acids is 3. The van der Waals surface area contributed by atoms with Gasteiger partial charge in [0.1, 0.15) is 0 Å². The normalized spacial score (nSPS) is 9.96. The van der Waals surface area contributed by atoms with Gasteiger partial charge < -0.3 is 20.1 Å². The summed E-state index contributed by atoms with van der Waals surface area (Å²) in [6.45, 7) is -0.0856. The molecule has 0 spiro atoms. The molecule has 8 heteroatoms. The van der Waals surface area contributed by atoms with Crippen LogP contribution in [0.4, 0.5) is 11.4 Å². The number of carbonyl (C=O) groups is 3. The van der Waals surface area contributed by atoms with E-state index in [-0.39, 0.29) is 23.6 Å². The zero-order valence-corrected chi connectivity index (χ0v) is 14.9. The number of rotatable bonds is 6. The van der Waals surface area contributed by atoms with E-state index in [9.17, 15) is 14.4 Å². The lowest BCUT2D eigenvalue weighted by Gasteiger charge is -2.11. The molecule has 2 N–H and O–H groups in total. The lowest BCUT2D eigenvalue weighted by atomic mass is 10.1. The second-order valence-electron chi connectivity index (χ2n) is 5.19. The number of hydrogen-bond acceptors (Lipinski definition) is 6. The minimum atomic E-state index is -0.609. The SMILES string of the molecule is COC(=O)c1cc(NCC(=O)Nc2cccc(Cl)c2)cc(C(=O)OC)c1. The van der Waals surface area contributed by atoms with Crippen LogP contribution in [-0.4, -0.2) is 38.6 Å². The third-order valence-electron chi connectivity index (χ3n) is 3.34. The maximum absolute atomic E-state index is 12.0. The fraction of sp³-hybridized carbons (Fsp3) is 0.167. The number of methoxy groups -OCH3 is 2. The van der Waals surface area contributed by atoms with Crippen LogP contribution in [0.5, 0.6) is 0 Å². The summed E-state index contributed by atoms with van der Waals surface area (Å²) in [5, 5.41) is 6.04. The van der Waals surface area contributed by atoms with Gasteiger partial charge in [0.2, 0.25) is 5.91 Å². The molecule has 2 aromatic rings. The van der Waals surface area contributed by atoms with Gasteiger partial charge in [-0.3, -0.25) is 4.79 Å². The van der Waals surface area contributed by atoms with Crippen molar-refractivity contribution >= 4 is 40.8 Å². The molecule has 0 aromatic heterocycles. The Bertz CT molecular complexity index is 804. The zero-order valence-electron chi connectivity index (χ0n) is 14.2. The number of nitrogens with one attached hydrogen (secondary N) is 2. The molecule has 0 aliphatic heterocycles. The fourth-order valence-electron chi connectivity index (χ4n) is 2.15. The molecular formula is C18H17ClN2O5. The van der Waals surface area contributed by atoms with Crippen LogP contribution in [0.3, 0.4) is 0 Å². The maximum atomic E-state index is 12.0. The molecule has 0 unspecified atom stereocenters. The van der Waals surface area contributed by atoms with Crippen molar-refractivity contribution in [3.8, 4) is 0 Å². The first-order valence-corrected chi connectivity index (χ1v) is 7.91. The summed E-state index contributed by atoms with van der Waals surface area (Å²) in [5.41, 5.74) is 1.28. The minimum Gasteiger partial charge on any atom is -0.465 e. The maximum Gasteiger partial charge on any atom is 0.337 e. The molecule has 26 heavy (non-hydrogen) atoms. The van der Waals surface area contributed by atoms with Crippen molar-refractivity contribution in [2.75, 3.05) is 31.4 Å². The summed E-state index contributed by atoms with van der Waals surface area (Å²) in [6.07, 6.45) is 0. The Labute approximate surface area is 155 Å². The topological polar surface area (TPSA) is 93.7 Å². The molecule has 0 bridgehead atoms. The van der Waals surface area contributed by atoms with Crippen LogP contribution >= 0.6 is 11.6 Å². The Morgan fingerprint density at radius 1 is 0.923 bits per heavy atom. The first-order valence-electron chi connectivity index (χ1n) is 7.54. The zero-order chi connectivity index (χ0) is 19.1. The second kappa shape index (κ2) is 8.87. The monoisotopic (exact) mass is 376 g/mol. The molecule has 1 amide bonds. The highest BCUT2D eigenvalue weighted by Crippen LogP contribution is 2.18. The number of anilines is 2. The van der Waals surface area contributed by atoms with Gasteiger partial charge in [-0.15, -0.1) is 0 Å². The molecule has 0 radical (unpaired) electrons. The number of esters is 2. The quantitative estimate of drug-likeness (QED) is 0.753. The highest BCUT2D eigenvalue weighted by molar-refractivity contribution is 6.30. The Morgan fingerprint density at radius 3 is 2.08 bits per heavy atom. The van der Waals surface area contributed by atoms with Gasteiger partial charge in [0.25, 0.3) is 0 Å². The first kappa shape index (κ1) is 19.3. The van der Waals surface area contributed by atoms with Crippen LogP contribution < -0.4 is 10.6 Å². The summed E-state index contributed by atoms with van der Waals surface area (Å²) in [6, 6.07) is 11.0. The fourth-order valence-corrected chi connectivity index (χ4v) is 2.35. The van der Waals surface area contributed by atoms with Gasteiger partial charge >= 0.3 is 11.9 Å². The van der Waals surface area contributed by atoms with E-state index >= 15 is 0 Å². The molecule has 0 aliphatic carbocycles. The van der Waals surface area contributed by atoms with Gasteiger partial charge in [-0.1, -0.05) is 17.7 Å². The standard InChI is InChI=1S/C18H17ClN2O5/c1-25-17(23)11-6-12(18(24)26-2)8-15(7-11)20-10-16(22)21-14-5-3-4-13(19)9-14/h3-9,20H,10H2,1-2H3,(H,21,22). The Balaban J connectivity index is 2.11. The van der Waals surface area contributed by atoms with Crippen LogP contribution in [0.15, 0.2) is 42.5 Å². The van der Waals surface area contributed by atoms with Crippen LogP contribution in [0.25, 0.3) is 0 Å². The molecule has 0 aliphatic rings. The van der Waals surface area contributed by atoms with E-state index in [1.807, 2.05) is 0 Å². The number of ether oxygens (including phenoxy) is 2. The van der Waals surface area contributed by atoms with Gasteiger partial charge in [-0.2, -0.15) is 0 Å². The average molecular weight is 377 g/mol. The molecule has 2 aromatic carbocycles. The summed E-state index contributed by atoms with van der Waals surface area (Å²) in [4.78, 5) is 35.5. The molecule has 2 rings (SSSR count). The molecule has 0 heterocycles. The lowest BCUT2D eigenvalue weighted by Crippen LogP contribution is -2.22. The molecular weight excluding hydrogens is 360 g/mol. The van der Waals surface area contributed by atoms with Crippen molar-refractivity contribution in [3.63, 3.8) is 0 Å². The van der Waals surface area contributed by atoms with Crippen molar-refractivity contribution in [2.45, 2.75) is 0 Å². The highest BCUT2D eigenvalue weighted by atomic mass is 35.5. The van der Waals surface area contributed by atoms with Crippen molar-refractivity contribution in [1.82, 2.24) is 0 Å². The number of halogens is 1. The summed E-state index contributed by atoms with van der Waals surface area (Å²) >= 11 is 5.87. The number of hydrogen-bond donors (Lipinski definition) is 2.